The van der Waals surface area contributed by atoms with E-state index in [2.05, 4.69) is 10.6 Å². The van der Waals surface area contributed by atoms with E-state index in [0.29, 0.717) is 25.9 Å². The Morgan fingerprint density at radius 2 is 1.71 bits per heavy atom. The number of benzene rings is 2. The maximum absolute atomic E-state index is 13.9. The zero-order valence-electron chi connectivity index (χ0n) is 22.9. The van der Waals surface area contributed by atoms with Gasteiger partial charge in [-0.2, -0.15) is 8.78 Å². The Kier molecular flexibility index (Phi) is 11.2. The summed E-state index contributed by atoms with van der Waals surface area (Å²) in [6, 6.07) is 7.18. The van der Waals surface area contributed by atoms with Crippen molar-refractivity contribution in [2.24, 2.45) is 5.92 Å². The minimum absolute atomic E-state index is 0.0193. The molecule has 0 aliphatic carbocycles. The van der Waals surface area contributed by atoms with Crippen molar-refractivity contribution in [2.75, 3.05) is 13.2 Å². The highest BCUT2D eigenvalue weighted by molar-refractivity contribution is 5.94. The van der Waals surface area contributed by atoms with Gasteiger partial charge in [-0.1, -0.05) is 44.2 Å². The van der Waals surface area contributed by atoms with E-state index in [-0.39, 0.29) is 12.0 Å². The summed E-state index contributed by atoms with van der Waals surface area (Å²) in [7, 11) is 0. The first kappa shape index (κ1) is 32.0. The van der Waals surface area contributed by atoms with E-state index < -0.39 is 77.5 Å². The lowest BCUT2D eigenvalue weighted by Crippen LogP contribution is -2.61. The predicted molar refractivity (Wildman–Crippen MR) is 140 cm³/mol. The van der Waals surface area contributed by atoms with Crippen LogP contribution in [0, 0.1) is 29.2 Å². The number of aliphatic carboxylic acids is 1. The summed E-state index contributed by atoms with van der Waals surface area (Å²) >= 11 is 0. The number of ether oxygens (including phenoxy) is 2. The molecule has 1 saturated heterocycles. The Balaban J connectivity index is 1.74. The molecule has 3 rings (SSSR count). The first-order valence-electron chi connectivity index (χ1n) is 13.4. The zero-order valence-corrected chi connectivity index (χ0v) is 22.9. The van der Waals surface area contributed by atoms with Gasteiger partial charge in [0, 0.05) is 12.7 Å². The van der Waals surface area contributed by atoms with Gasteiger partial charge in [-0.05, 0) is 43.6 Å². The summed E-state index contributed by atoms with van der Waals surface area (Å²) in [5.74, 6) is -12.2. The highest BCUT2D eigenvalue weighted by atomic mass is 19.2. The van der Waals surface area contributed by atoms with E-state index in [0.717, 1.165) is 18.4 Å². The monoisotopic (exact) mass is 582 g/mol. The van der Waals surface area contributed by atoms with Gasteiger partial charge in [0.2, 0.25) is 17.5 Å². The second-order valence-electron chi connectivity index (χ2n) is 10.4. The average molecular weight is 583 g/mol. The zero-order chi connectivity index (χ0) is 30.2. The number of hydrogen-bond donors (Lipinski definition) is 3. The molecule has 1 aliphatic heterocycles. The number of Topliss-reactive ketones (excluding diaryl/α,β-unsaturated/α-hetero) is 1. The molecule has 1 amide bonds. The van der Waals surface area contributed by atoms with Gasteiger partial charge >= 0.3 is 5.97 Å². The number of carboxylic acids is 1. The molecule has 1 heterocycles. The molecule has 8 nitrogen and oxygen atoms in total. The first-order valence-corrected chi connectivity index (χ1v) is 13.4. The molecule has 0 bridgehead atoms. The first-order chi connectivity index (χ1) is 19.4. The van der Waals surface area contributed by atoms with Crippen LogP contribution in [0.2, 0.25) is 0 Å². The molecule has 3 N–H and O–H groups in total. The molecule has 224 valence electrons. The van der Waals surface area contributed by atoms with Crippen molar-refractivity contribution >= 4 is 17.7 Å². The highest BCUT2D eigenvalue weighted by Gasteiger charge is 2.39. The molecule has 2 aromatic rings. The van der Waals surface area contributed by atoms with Gasteiger partial charge < -0.3 is 19.9 Å². The number of rotatable bonds is 14. The molecule has 0 radical (unpaired) electrons. The van der Waals surface area contributed by atoms with E-state index >= 15 is 0 Å². The molecule has 3 atom stereocenters. The van der Waals surface area contributed by atoms with Crippen LogP contribution in [0.5, 0.6) is 5.75 Å². The number of hydrogen-bond acceptors (Lipinski definition) is 6. The maximum Gasteiger partial charge on any atom is 0.305 e. The molecular formula is C29H34F4N2O6. The van der Waals surface area contributed by atoms with Crippen molar-refractivity contribution in [3.8, 4) is 5.75 Å². The average Bonchev–Trinajstić information content (AvgIpc) is 2.94. The van der Waals surface area contributed by atoms with E-state index in [9.17, 15) is 37.1 Å². The number of nitrogens with one attached hydrogen (secondary N) is 2. The van der Waals surface area contributed by atoms with Crippen LogP contribution in [0.3, 0.4) is 0 Å². The summed E-state index contributed by atoms with van der Waals surface area (Å²) in [4.78, 5) is 37.7. The third-order valence-electron chi connectivity index (χ3n) is 6.90. The lowest BCUT2D eigenvalue weighted by Gasteiger charge is -2.42. The van der Waals surface area contributed by atoms with Crippen LogP contribution in [0.4, 0.5) is 17.6 Å². The fourth-order valence-electron chi connectivity index (χ4n) is 4.65. The Labute approximate surface area is 235 Å². The normalized spacial score (nSPS) is 18.5. The van der Waals surface area contributed by atoms with Crippen LogP contribution < -0.4 is 15.4 Å². The lowest BCUT2D eigenvalue weighted by molar-refractivity contribution is -0.143. The summed E-state index contributed by atoms with van der Waals surface area (Å²) in [6.07, 6.45) is 2.71. The summed E-state index contributed by atoms with van der Waals surface area (Å²) in [5, 5.41) is 15.0. The Morgan fingerprint density at radius 3 is 2.27 bits per heavy atom. The highest BCUT2D eigenvalue weighted by Crippen LogP contribution is 2.29. The number of carboxylic acid groups (broad SMARTS) is 1. The molecule has 0 spiro atoms. The second kappa shape index (κ2) is 14.4. The van der Waals surface area contributed by atoms with Crippen LogP contribution in [-0.2, 0) is 25.5 Å². The number of halogens is 4. The van der Waals surface area contributed by atoms with Crippen molar-refractivity contribution in [3.05, 3.63) is 65.2 Å². The number of ketones is 1. The van der Waals surface area contributed by atoms with Gasteiger partial charge in [-0.15, -0.1) is 0 Å². The Bertz CT molecular complexity index is 1200. The van der Waals surface area contributed by atoms with Gasteiger partial charge in [-0.25, -0.2) is 8.78 Å². The van der Waals surface area contributed by atoms with Crippen LogP contribution in [0.1, 0.15) is 51.5 Å². The van der Waals surface area contributed by atoms with Crippen LogP contribution in [0.15, 0.2) is 36.4 Å². The van der Waals surface area contributed by atoms with Gasteiger partial charge in [-0.3, -0.25) is 19.7 Å². The molecule has 12 heteroatoms. The third-order valence-corrected chi connectivity index (χ3v) is 6.90. The smallest absolute Gasteiger partial charge is 0.305 e. The van der Waals surface area contributed by atoms with Crippen molar-refractivity contribution in [3.63, 3.8) is 0 Å². The van der Waals surface area contributed by atoms with Crippen LogP contribution in [0.25, 0.3) is 0 Å². The van der Waals surface area contributed by atoms with Gasteiger partial charge in [0.1, 0.15) is 18.4 Å². The summed E-state index contributed by atoms with van der Waals surface area (Å²) in [6.45, 7) is 2.87. The topological polar surface area (TPSA) is 114 Å². The van der Waals surface area contributed by atoms with Crippen LogP contribution >= 0.6 is 0 Å². The Morgan fingerprint density at radius 1 is 1.05 bits per heavy atom. The van der Waals surface area contributed by atoms with Gasteiger partial charge in [0.05, 0.1) is 12.5 Å². The number of amides is 1. The fraction of sp³-hybridized carbons (Fsp3) is 0.483. The number of carbonyl (C=O) groups excluding carboxylic acids is 2. The molecule has 1 aliphatic rings. The van der Waals surface area contributed by atoms with E-state index in [1.807, 2.05) is 30.3 Å². The SMILES string of the molecule is CC(C)[C@H](NC1(CCc2ccccc2)CCCCO1)C(=O)N[C@@H](CC(=O)O)C(=O)COc1c(F)c(F)cc(F)c1F. The largest absolute Gasteiger partial charge is 0.481 e. The molecule has 1 unspecified atom stereocenters. The quantitative estimate of drug-likeness (QED) is 0.225. The van der Waals surface area contributed by atoms with Gasteiger partial charge in [0.25, 0.3) is 0 Å². The minimum atomic E-state index is -1.85. The van der Waals surface area contributed by atoms with E-state index in [1.54, 1.807) is 13.8 Å². The third kappa shape index (κ3) is 8.74. The Hall–Kier alpha value is -3.51. The van der Waals surface area contributed by atoms with Crippen molar-refractivity contribution < 1.29 is 46.5 Å². The number of aryl methyl sites for hydroxylation is 1. The minimum Gasteiger partial charge on any atom is -0.481 e. The van der Waals surface area contributed by atoms with Crippen molar-refractivity contribution in [2.45, 2.75) is 70.2 Å². The molecule has 0 saturated carbocycles. The van der Waals surface area contributed by atoms with E-state index in [4.69, 9.17) is 9.47 Å². The predicted octanol–water partition coefficient (Wildman–Crippen LogP) is 4.29. The molecule has 0 aromatic heterocycles. The van der Waals surface area contributed by atoms with Crippen molar-refractivity contribution in [1.82, 2.24) is 10.6 Å². The van der Waals surface area contributed by atoms with E-state index in [1.165, 1.54) is 0 Å². The lowest BCUT2D eigenvalue weighted by atomic mass is 9.92. The van der Waals surface area contributed by atoms with Crippen molar-refractivity contribution in [1.29, 1.82) is 0 Å². The fourth-order valence-corrected chi connectivity index (χ4v) is 4.65. The van der Waals surface area contributed by atoms with Crippen LogP contribution in [-0.4, -0.2) is 53.8 Å². The number of carbonyl (C=O) groups is 3. The molecule has 2 aromatic carbocycles. The summed E-state index contributed by atoms with van der Waals surface area (Å²) in [5.41, 5.74) is 0.248. The maximum atomic E-state index is 13.9. The van der Waals surface area contributed by atoms with Gasteiger partial charge in [0.15, 0.2) is 23.2 Å². The summed E-state index contributed by atoms with van der Waals surface area (Å²) < 4.78 is 65.7. The molecule has 1 fully saturated rings. The molecule has 41 heavy (non-hydrogen) atoms. The standard InChI is InChI=1S/C29H34F4N2O6/c1-17(2)26(35-29(11-6-7-13-41-29)12-10-18-8-4-3-5-9-18)28(39)34-21(15-23(37)38)22(36)16-40-27-24(32)19(30)14-20(31)25(27)33/h3-5,8-9,14,17,21,26,35H,6-7,10-13,15-16H2,1-2H3,(H,34,39)(H,37,38)/t21-,26-,29?/m0/s1. The second-order valence-corrected chi connectivity index (χ2v) is 10.4. The molecular weight excluding hydrogens is 548 g/mol.